The molecule has 1 aromatic rings. The van der Waals surface area contributed by atoms with E-state index in [0.717, 1.165) is 18.2 Å². The summed E-state index contributed by atoms with van der Waals surface area (Å²) in [5.41, 5.74) is -1.58. The molecule has 0 aliphatic heterocycles. The maximum absolute atomic E-state index is 12.6. The number of carbonyl (C=O) groups is 2. The molecule has 0 heterocycles. The summed E-state index contributed by atoms with van der Waals surface area (Å²) in [4.78, 5) is 21.0. The normalized spacial score (nSPS) is 12.9. The van der Waals surface area contributed by atoms with E-state index in [-0.39, 0.29) is 6.41 Å². The molecule has 1 amide bonds. The van der Waals surface area contributed by atoms with Gasteiger partial charge in [-0.05, 0) is 11.6 Å². The van der Waals surface area contributed by atoms with E-state index >= 15 is 0 Å². The molecule has 0 aliphatic rings. The Kier molecular flexibility index (Phi) is 3.72. The summed E-state index contributed by atoms with van der Waals surface area (Å²) in [6, 6.07) is 2.47. The van der Waals surface area contributed by atoms with E-state index in [1.165, 1.54) is 6.07 Å². The first kappa shape index (κ1) is 13.0. The molecule has 0 aliphatic carbocycles. The van der Waals surface area contributed by atoms with E-state index in [2.05, 4.69) is 0 Å². The summed E-state index contributed by atoms with van der Waals surface area (Å²) in [5, 5.41) is 10.6. The van der Waals surface area contributed by atoms with Crippen molar-refractivity contribution in [1.82, 2.24) is 5.32 Å². The van der Waals surface area contributed by atoms with E-state index in [0.29, 0.717) is 0 Å². The Labute approximate surface area is 94.1 Å². The number of hydrogen-bond donors (Lipinski definition) is 2. The number of aliphatic carboxylic acids is 1. The number of carbonyl (C=O) groups excluding carboxylic acids is 1. The Morgan fingerprint density at radius 1 is 1.35 bits per heavy atom. The largest absolute Gasteiger partial charge is 0.479 e. The predicted molar refractivity (Wildman–Crippen MR) is 51.0 cm³/mol. The monoisotopic (exact) mass is 247 g/mol. The third-order valence-corrected chi connectivity index (χ3v) is 2.06. The highest BCUT2D eigenvalue weighted by Gasteiger charge is 2.36. The van der Waals surface area contributed by atoms with Crippen LogP contribution >= 0.6 is 0 Å². The van der Waals surface area contributed by atoms with Crippen LogP contribution in [0.3, 0.4) is 0 Å². The second-order valence-electron chi connectivity index (χ2n) is 3.14. The molecule has 1 aromatic carbocycles. The van der Waals surface area contributed by atoms with Gasteiger partial charge in [0, 0.05) is 0 Å². The van der Waals surface area contributed by atoms with Crippen LogP contribution in [0.2, 0.25) is 0 Å². The minimum Gasteiger partial charge on any atom is -0.479 e. The highest BCUT2D eigenvalue weighted by atomic mass is 19.4. The number of carboxylic acids is 1. The number of alkyl halides is 3. The van der Waals surface area contributed by atoms with Gasteiger partial charge in [0.1, 0.15) is 0 Å². The van der Waals surface area contributed by atoms with Gasteiger partial charge >= 0.3 is 12.1 Å². The van der Waals surface area contributed by atoms with E-state index < -0.39 is 29.3 Å². The molecule has 7 heteroatoms. The van der Waals surface area contributed by atoms with Gasteiger partial charge in [0.2, 0.25) is 6.41 Å². The van der Waals surface area contributed by atoms with Crippen LogP contribution in [0, 0.1) is 0 Å². The summed E-state index contributed by atoms with van der Waals surface area (Å²) < 4.78 is 37.8. The molecule has 0 aromatic heterocycles. The molecule has 0 bridgehead atoms. The molecule has 0 radical (unpaired) electrons. The number of hydrogen-bond acceptors (Lipinski definition) is 2. The molecular formula is C10H8F3NO3. The van der Waals surface area contributed by atoms with Gasteiger partial charge in [0.05, 0.1) is 5.56 Å². The average Bonchev–Trinajstić information content (AvgIpc) is 2.24. The van der Waals surface area contributed by atoms with Crippen LogP contribution in [0.15, 0.2) is 24.3 Å². The molecule has 1 rings (SSSR count). The second-order valence-corrected chi connectivity index (χ2v) is 3.14. The minimum absolute atomic E-state index is 0.0476. The van der Waals surface area contributed by atoms with Gasteiger partial charge in [-0.15, -0.1) is 0 Å². The lowest BCUT2D eigenvalue weighted by molar-refractivity contribution is -0.143. The lowest BCUT2D eigenvalue weighted by Gasteiger charge is -2.17. The van der Waals surface area contributed by atoms with E-state index in [9.17, 15) is 22.8 Å². The fraction of sp³-hybridized carbons (Fsp3) is 0.200. The first-order valence-electron chi connectivity index (χ1n) is 4.46. The second kappa shape index (κ2) is 4.86. The van der Waals surface area contributed by atoms with Crippen LogP contribution in [0.4, 0.5) is 13.2 Å². The number of amides is 1. The van der Waals surface area contributed by atoms with E-state index in [1.54, 1.807) is 0 Å². The molecule has 17 heavy (non-hydrogen) atoms. The third-order valence-electron chi connectivity index (χ3n) is 2.06. The van der Waals surface area contributed by atoms with Crippen molar-refractivity contribution in [1.29, 1.82) is 0 Å². The zero-order valence-electron chi connectivity index (χ0n) is 8.36. The van der Waals surface area contributed by atoms with Crippen molar-refractivity contribution in [2.45, 2.75) is 12.2 Å². The standard InChI is InChI=1S/C10H8F3NO3/c11-10(12,13)7-4-2-1-3-6(7)8(9(16)17)14-5-15/h1-5,8H,(H,14,15)(H,16,17). The van der Waals surface area contributed by atoms with Crippen molar-refractivity contribution in [3.8, 4) is 0 Å². The molecule has 0 saturated carbocycles. The number of halogens is 3. The molecule has 0 fully saturated rings. The smallest absolute Gasteiger partial charge is 0.416 e. The maximum atomic E-state index is 12.6. The Balaban J connectivity index is 3.28. The third kappa shape index (κ3) is 2.96. The summed E-state index contributed by atoms with van der Waals surface area (Å²) in [5.74, 6) is -1.56. The number of carboxylic acid groups (broad SMARTS) is 1. The van der Waals surface area contributed by atoms with Crippen molar-refractivity contribution in [3.05, 3.63) is 35.4 Å². The highest BCUT2D eigenvalue weighted by Crippen LogP contribution is 2.34. The van der Waals surface area contributed by atoms with Gasteiger partial charge in [-0.25, -0.2) is 4.79 Å². The fourth-order valence-corrected chi connectivity index (χ4v) is 1.37. The van der Waals surface area contributed by atoms with Crippen molar-refractivity contribution in [2.75, 3.05) is 0 Å². The van der Waals surface area contributed by atoms with Gasteiger partial charge < -0.3 is 10.4 Å². The maximum Gasteiger partial charge on any atom is 0.416 e. The van der Waals surface area contributed by atoms with E-state index in [4.69, 9.17) is 5.11 Å². The molecule has 1 atom stereocenters. The lowest BCUT2D eigenvalue weighted by atomic mass is 10.00. The first-order valence-corrected chi connectivity index (χ1v) is 4.46. The first-order chi connectivity index (χ1) is 7.88. The molecule has 0 saturated heterocycles. The van der Waals surface area contributed by atoms with Crippen LogP contribution in [0.1, 0.15) is 17.2 Å². The molecular weight excluding hydrogens is 239 g/mol. The summed E-state index contributed by atoms with van der Waals surface area (Å²) in [7, 11) is 0. The van der Waals surface area contributed by atoms with Crippen LogP contribution in [0.5, 0.6) is 0 Å². The number of nitrogens with one attached hydrogen (secondary N) is 1. The predicted octanol–water partition coefficient (Wildman–Crippen LogP) is 1.58. The van der Waals surface area contributed by atoms with Gasteiger partial charge in [-0.2, -0.15) is 13.2 Å². The Bertz CT molecular complexity index is 431. The minimum atomic E-state index is -4.67. The van der Waals surface area contributed by atoms with Crippen molar-refractivity contribution < 1.29 is 27.9 Å². The number of benzene rings is 1. The molecule has 0 spiro atoms. The Morgan fingerprint density at radius 3 is 2.41 bits per heavy atom. The summed E-state index contributed by atoms with van der Waals surface area (Å²) in [6.07, 6.45) is -4.62. The van der Waals surface area contributed by atoms with Crippen LogP contribution in [-0.2, 0) is 15.8 Å². The molecule has 92 valence electrons. The SMILES string of the molecule is O=CNC(C(=O)O)c1ccccc1C(F)(F)F. The highest BCUT2D eigenvalue weighted by molar-refractivity contribution is 5.78. The van der Waals surface area contributed by atoms with Crippen LogP contribution in [0.25, 0.3) is 0 Å². The lowest BCUT2D eigenvalue weighted by Crippen LogP contribution is -2.29. The molecule has 1 unspecified atom stereocenters. The van der Waals surface area contributed by atoms with Gasteiger partial charge in [-0.1, -0.05) is 18.2 Å². The quantitative estimate of drug-likeness (QED) is 0.794. The van der Waals surface area contributed by atoms with Gasteiger partial charge in [0.25, 0.3) is 0 Å². The van der Waals surface area contributed by atoms with Crippen molar-refractivity contribution in [2.24, 2.45) is 0 Å². The fourth-order valence-electron chi connectivity index (χ4n) is 1.37. The van der Waals surface area contributed by atoms with Gasteiger partial charge in [0.15, 0.2) is 6.04 Å². The van der Waals surface area contributed by atoms with Crippen molar-refractivity contribution in [3.63, 3.8) is 0 Å². The van der Waals surface area contributed by atoms with Crippen LogP contribution < -0.4 is 5.32 Å². The molecule has 4 nitrogen and oxygen atoms in total. The Hall–Kier alpha value is -2.05. The summed E-state index contributed by atoms with van der Waals surface area (Å²) in [6.45, 7) is 0. The van der Waals surface area contributed by atoms with E-state index in [1.807, 2.05) is 5.32 Å². The Morgan fingerprint density at radius 2 is 1.94 bits per heavy atom. The zero-order chi connectivity index (χ0) is 13.1. The van der Waals surface area contributed by atoms with Crippen LogP contribution in [-0.4, -0.2) is 17.5 Å². The molecule has 2 N–H and O–H groups in total. The number of rotatable bonds is 4. The summed E-state index contributed by atoms with van der Waals surface area (Å²) >= 11 is 0. The topological polar surface area (TPSA) is 66.4 Å². The van der Waals surface area contributed by atoms with Gasteiger partial charge in [-0.3, -0.25) is 4.79 Å². The van der Waals surface area contributed by atoms with Crippen molar-refractivity contribution >= 4 is 12.4 Å². The zero-order valence-corrected chi connectivity index (χ0v) is 8.36. The average molecular weight is 247 g/mol.